The third kappa shape index (κ3) is 3.63. The van der Waals surface area contributed by atoms with E-state index in [0.717, 1.165) is 11.6 Å². The lowest BCUT2D eigenvalue weighted by Gasteiger charge is -2.27. The molecular weight excluding hydrogens is 400 g/mol. The van der Waals surface area contributed by atoms with E-state index >= 15 is 0 Å². The van der Waals surface area contributed by atoms with Gasteiger partial charge in [0, 0.05) is 31.4 Å². The Bertz CT molecular complexity index is 1070. The number of ether oxygens (including phenoxy) is 3. The second-order valence-electron chi connectivity index (χ2n) is 7.43. The van der Waals surface area contributed by atoms with E-state index in [1.54, 1.807) is 23.5 Å². The van der Waals surface area contributed by atoms with Crippen molar-refractivity contribution in [2.75, 3.05) is 40.5 Å². The van der Waals surface area contributed by atoms with Gasteiger partial charge in [0.2, 0.25) is 5.78 Å². The number of nitrogens with zero attached hydrogens (tertiary/aromatic N) is 2. The zero-order valence-corrected chi connectivity index (χ0v) is 17.8. The summed E-state index contributed by atoms with van der Waals surface area (Å²) in [4.78, 5) is 41.1. The summed E-state index contributed by atoms with van der Waals surface area (Å²) in [6.07, 6.45) is 1.16. The van der Waals surface area contributed by atoms with Crippen LogP contribution in [0.4, 0.5) is 0 Å². The quantitative estimate of drug-likeness (QED) is 0.732. The highest BCUT2D eigenvalue weighted by molar-refractivity contribution is 6.26. The molecule has 1 aliphatic heterocycles. The van der Waals surface area contributed by atoms with Crippen molar-refractivity contribution in [2.24, 2.45) is 0 Å². The Morgan fingerprint density at radius 2 is 1.74 bits per heavy atom. The van der Waals surface area contributed by atoms with E-state index in [9.17, 15) is 14.4 Å². The maximum absolute atomic E-state index is 13.4. The number of morpholine rings is 1. The van der Waals surface area contributed by atoms with Gasteiger partial charge in [0.05, 0.1) is 38.6 Å². The lowest BCUT2D eigenvalue weighted by atomic mass is 9.95. The lowest BCUT2D eigenvalue weighted by molar-refractivity contribution is 0.0301. The minimum atomic E-state index is -0.408. The first kappa shape index (κ1) is 20.9. The summed E-state index contributed by atoms with van der Waals surface area (Å²) in [5.41, 5.74) is 2.09. The molecule has 0 atom stereocenters. The van der Waals surface area contributed by atoms with Crippen LogP contribution in [0.2, 0.25) is 0 Å². The highest BCUT2D eigenvalue weighted by Gasteiger charge is 2.38. The van der Waals surface area contributed by atoms with Gasteiger partial charge in [-0.1, -0.05) is 12.1 Å². The number of amides is 1. The molecule has 2 aromatic rings. The van der Waals surface area contributed by atoms with Crippen molar-refractivity contribution in [3.63, 3.8) is 0 Å². The number of Topliss-reactive ketones (excluding diaryl/α,β-unsaturated/α-hetero) is 1. The molecule has 1 fully saturated rings. The predicted octanol–water partition coefficient (Wildman–Crippen LogP) is 2.24. The van der Waals surface area contributed by atoms with E-state index in [1.165, 1.54) is 7.11 Å². The zero-order chi connectivity index (χ0) is 22.1. The highest BCUT2D eigenvalue weighted by Crippen LogP contribution is 2.32. The highest BCUT2D eigenvalue weighted by atomic mass is 16.5. The molecular formula is C23H24N2O6. The van der Waals surface area contributed by atoms with Crippen molar-refractivity contribution in [1.29, 1.82) is 0 Å². The average molecular weight is 424 g/mol. The Hall–Kier alpha value is -3.39. The predicted molar refractivity (Wildman–Crippen MR) is 112 cm³/mol. The monoisotopic (exact) mass is 424 g/mol. The molecule has 4 rings (SSSR count). The van der Waals surface area contributed by atoms with Crippen LogP contribution in [0.15, 0.2) is 36.1 Å². The second-order valence-corrected chi connectivity index (χ2v) is 7.43. The van der Waals surface area contributed by atoms with Crippen LogP contribution in [0.25, 0.3) is 0 Å². The molecule has 1 amide bonds. The molecule has 8 heteroatoms. The molecule has 0 radical (unpaired) electrons. The number of fused-ring (bicyclic) bond motifs is 1. The standard InChI is InChI=1S/C23H24N2O6/c1-14-19(23(28)24-8-10-31-11-9-24)20-17(26)12-18(30-3)22(27)21(20)25(14)13-15-4-6-16(29-2)7-5-15/h4-7,12H,8-11,13H2,1-3H3. The van der Waals surface area contributed by atoms with Crippen LogP contribution in [-0.2, 0) is 16.0 Å². The van der Waals surface area contributed by atoms with E-state index in [2.05, 4.69) is 0 Å². The maximum Gasteiger partial charge on any atom is 0.256 e. The number of benzene rings is 1. The fourth-order valence-corrected chi connectivity index (χ4v) is 4.04. The Balaban J connectivity index is 1.83. The van der Waals surface area contributed by atoms with Gasteiger partial charge < -0.3 is 23.7 Å². The number of hydrogen-bond acceptors (Lipinski definition) is 6. The fraction of sp³-hybridized carbons (Fsp3) is 0.348. The van der Waals surface area contributed by atoms with E-state index < -0.39 is 11.6 Å². The minimum absolute atomic E-state index is 0.0312. The molecule has 8 nitrogen and oxygen atoms in total. The Kier molecular flexibility index (Phi) is 5.65. The van der Waals surface area contributed by atoms with Gasteiger partial charge in [-0.15, -0.1) is 0 Å². The van der Waals surface area contributed by atoms with Gasteiger partial charge in [-0.05, 0) is 24.6 Å². The molecule has 0 spiro atoms. The largest absolute Gasteiger partial charge is 0.497 e. The molecule has 162 valence electrons. The first-order chi connectivity index (χ1) is 15.0. The van der Waals surface area contributed by atoms with E-state index in [0.29, 0.717) is 44.3 Å². The van der Waals surface area contributed by atoms with E-state index in [-0.39, 0.29) is 28.5 Å². The van der Waals surface area contributed by atoms with Crippen molar-refractivity contribution in [2.45, 2.75) is 13.5 Å². The van der Waals surface area contributed by atoms with E-state index in [1.807, 2.05) is 24.3 Å². The van der Waals surface area contributed by atoms with Gasteiger partial charge >= 0.3 is 0 Å². The second kappa shape index (κ2) is 8.39. The number of methoxy groups -OCH3 is 2. The normalized spacial score (nSPS) is 16.1. The van der Waals surface area contributed by atoms with Gasteiger partial charge in [-0.2, -0.15) is 0 Å². The topological polar surface area (TPSA) is 87.1 Å². The number of allylic oxidation sites excluding steroid dienone is 2. The average Bonchev–Trinajstić information content (AvgIpc) is 3.09. The molecule has 31 heavy (non-hydrogen) atoms. The molecule has 1 saturated heterocycles. The minimum Gasteiger partial charge on any atom is -0.497 e. The number of carbonyl (C=O) groups is 3. The smallest absolute Gasteiger partial charge is 0.256 e. The van der Waals surface area contributed by atoms with Crippen LogP contribution in [0.1, 0.15) is 42.5 Å². The molecule has 0 bridgehead atoms. The lowest BCUT2D eigenvalue weighted by Crippen LogP contribution is -2.41. The summed E-state index contributed by atoms with van der Waals surface area (Å²) in [6, 6.07) is 7.43. The van der Waals surface area contributed by atoms with Crippen molar-refractivity contribution in [1.82, 2.24) is 9.47 Å². The van der Waals surface area contributed by atoms with Gasteiger partial charge in [0.15, 0.2) is 11.5 Å². The van der Waals surface area contributed by atoms with Gasteiger partial charge in [-0.3, -0.25) is 14.4 Å². The summed E-state index contributed by atoms with van der Waals surface area (Å²) >= 11 is 0. The van der Waals surface area contributed by atoms with Crippen molar-refractivity contribution in [3.8, 4) is 5.75 Å². The maximum atomic E-state index is 13.4. The third-order valence-electron chi connectivity index (χ3n) is 5.70. The molecule has 1 aromatic heterocycles. The summed E-state index contributed by atoms with van der Waals surface area (Å²) in [6.45, 7) is 3.86. The fourth-order valence-electron chi connectivity index (χ4n) is 4.04. The summed E-state index contributed by atoms with van der Waals surface area (Å²) in [7, 11) is 2.94. The number of rotatable bonds is 5. The van der Waals surface area contributed by atoms with Crippen LogP contribution in [-0.4, -0.2) is 67.5 Å². The molecule has 2 aliphatic rings. The Morgan fingerprint density at radius 3 is 2.35 bits per heavy atom. The van der Waals surface area contributed by atoms with Crippen molar-refractivity contribution < 1.29 is 28.6 Å². The third-order valence-corrected chi connectivity index (χ3v) is 5.70. The summed E-state index contributed by atoms with van der Waals surface area (Å²) in [5, 5.41) is 0. The first-order valence-electron chi connectivity index (χ1n) is 10.0. The van der Waals surface area contributed by atoms with Crippen LogP contribution in [0, 0.1) is 6.92 Å². The van der Waals surface area contributed by atoms with Gasteiger partial charge in [0.25, 0.3) is 5.91 Å². The summed E-state index contributed by atoms with van der Waals surface area (Å²) in [5.74, 6) is -0.388. The number of hydrogen-bond donors (Lipinski definition) is 0. The molecule has 2 heterocycles. The Morgan fingerprint density at radius 1 is 1.06 bits per heavy atom. The van der Waals surface area contributed by atoms with Crippen LogP contribution in [0.5, 0.6) is 5.75 Å². The number of carbonyl (C=O) groups excluding carboxylic acids is 3. The molecule has 0 N–H and O–H groups in total. The molecule has 0 unspecified atom stereocenters. The number of aromatic nitrogens is 1. The van der Waals surface area contributed by atoms with Crippen molar-refractivity contribution in [3.05, 3.63) is 64.2 Å². The van der Waals surface area contributed by atoms with Gasteiger partial charge in [-0.25, -0.2) is 0 Å². The molecule has 1 aromatic carbocycles. The van der Waals surface area contributed by atoms with Crippen LogP contribution < -0.4 is 4.74 Å². The number of ketones is 2. The van der Waals surface area contributed by atoms with Crippen molar-refractivity contribution >= 4 is 17.5 Å². The molecule has 0 saturated carbocycles. The Labute approximate surface area is 180 Å². The first-order valence-corrected chi connectivity index (χ1v) is 10.0. The van der Waals surface area contributed by atoms with Crippen LogP contribution in [0.3, 0.4) is 0 Å². The molecule has 1 aliphatic carbocycles. The summed E-state index contributed by atoms with van der Waals surface area (Å²) < 4.78 is 17.4. The van der Waals surface area contributed by atoms with Crippen LogP contribution >= 0.6 is 0 Å². The van der Waals surface area contributed by atoms with Gasteiger partial charge in [0.1, 0.15) is 11.4 Å². The SMILES string of the molecule is COC1=CC(=O)c2c(C(=O)N3CCOCC3)c(C)n(Cc3ccc(OC)cc3)c2C1=O. The van der Waals surface area contributed by atoms with E-state index in [4.69, 9.17) is 14.2 Å². The zero-order valence-electron chi connectivity index (χ0n) is 17.8.